The Labute approximate surface area is 64.4 Å². The number of aromatic nitrogens is 1. The second-order valence-corrected chi connectivity index (χ2v) is 2.12. The fourth-order valence-electron chi connectivity index (χ4n) is 0.636. The van der Waals surface area contributed by atoms with Crippen LogP contribution in [0.4, 0.5) is 0 Å². The van der Waals surface area contributed by atoms with Crippen LogP contribution in [0.3, 0.4) is 0 Å². The molecule has 1 aromatic rings. The molecule has 0 saturated carbocycles. The minimum atomic E-state index is -0.272. The maximum atomic E-state index is 8.49. The van der Waals surface area contributed by atoms with Gasteiger partial charge in [-0.3, -0.25) is 0 Å². The Morgan fingerprint density at radius 3 is 3.00 bits per heavy atom. The van der Waals surface area contributed by atoms with Crippen LogP contribution in [-0.4, -0.2) is 12.3 Å². The number of ether oxygens (including phenoxy) is 1. The van der Waals surface area contributed by atoms with Gasteiger partial charge in [-0.1, -0.05) is 0 Å². The third-order valence-electron chi connectivity index (χ3n) is 1.34. The van der Waals surface area contributed by atoms with Crippen molar-refractivity contribution in [2.75, 3.05) is 7.11 Å². The summed E-state index contributed by atoms with van der Waals surface area (Å²) < 4.78 is 9.59. The minimum absolute atomic E-state index is 0.272. The van der Waals surface area contributed by atoms with Crippen LogP contribution in [0, 0.1) is 11.3 Å². The third-order valence-corrected chi connectivity index (χ3v) is 1.34. The summed E-state index contributed by atoms with van der Waals surface area (Å²) in [6, 6.07) is 3.63. The molecule has 0 aromatic carbocycles. The quantitative estimate of drug-likeness (QED) is 0.641. The molecule has 1 heterocycles. The molecule has 0 radical (unpaired) electrons. The number of hydrogen-bond donors (Lipinski definition) is 0. The first-order valence-electron chi connectivity index (χ1n) is 3.18. The summed E-state index contributed by atoms with van der Waals surface area (Å²) >= 11 is 0. The molecule has 0 spiro atoms. The topological polar surface area (TPSA) is 59.0 Å². The van der Waals surface area contributed by atoms with E-state index in [-0.39, 0.29) is 5.92 Å². The van der Waals surface area contributed by atoms with Crippen molar-refractivity contribution < 1.29 is 9.26 Å². The zero-order valence-corrected chi connectivity index (χ0v) is 6.37. The van der Waals surface area contributed by atoms with Crippen molar-refractivity contribution in [2.45, 2.75) is 12.8 Å². The molecule has 0 aliphatic rings. The zero-order valence-electron chi connectivity index (χ0n) is 6.37. The van der Waals surface area contributed by atoms with Gasteiger partial charge < -0.3 is 9.26 Å². The van der Waals surface area contributed by atoms with Gasteiger partial charge in [-0.25, -0.2) is 0 Å². The van der Waals surface area contributed by atoms with Crippen molar-refractivity contribution in [3.8, 4) is 11.9 Å². The van der Waals surface area contributed by atoms with E-state index in [4.69, 9.17) is 14.5 Å². The second-order valence-electron chi connectivity index (χ2n) is 2.12. The van der Waals surface area contributed by atoms with Gasteiger partial charge in [-0.15, -0.1) is 0 Å². The number of nitrogens with zero attached hydrogens (tertiary/aromatic N) is 2. The highest BCUT2D eigenvalue weighted by Gasteiger charge is 2.10. The summed E-state index contributed by atoms with van der Waals surface area (Å²) in [5, 5.41) is 12.0. The molecule has 4 heteroatoms. The van der Waals surface area contributed by atoms with E-state index in [0.29, 0.717) is 11.6 Å². The van der Waals surface area contributed by atoms with E-state index < -0.39 is 0 Å². The normalized spacial score (nSPS) is 12.1. The maximum absolute atomic E-state index is 8.49. The molecule has 1 rings (SSSR count). The van der Waals surface area contributed by atoms with Gasteiger partial charge in [0.25, 0.3) is 5.88 Å². The first-order valence-corrected chi connectivity index (χ1v) is 3.18. The average Bonchev–Trinajstić information content (AvgIpc) is 2.50. The van der Waals surface area contributed by atoms with Crippen molar-refractivity contribution in [2.24, 2.45) is 0 Å². The van der Waals surface area contributed by atoms with Gasteiger partial charge in [0.15, 0.2) is 5.76 Å². The lowest BCUT2D eigenvalue weighted by Gasteiger charge is -1.90. The predicted octanol–water partition coefficient (Wildman–Crippen LogP) is 1.31. The molecule has 0 fully saturated rings. The molecule has 1 atom stereocenters. The fraction of sp³-hybridized carbons (Fsp3) is 0.429. The summed E-state index contributed by atoms with van der Waals surface area (Å²) in [5.41, 5.74) is 0. The summed E-state index contributed by atoms with van der Waals surface area (Å²) in [5.74, 6) is 0.665. The summed E-state index contributed by atoms with van der Waals surface area (Å²) in [6.07, 6.45) is 0. The lowest BCUT2D eigenvalue weighted by Crippen LogP contribution is -1.84. The SMILES string of the molecule is COc1cc(C(C)C#N)on1. The number of hydrogen-bond acceptors (Lipinski definition) is 4. The van der Waals surface area contributed by atoms with Gasteiger partial charge in [-0.05, 0) is 12.1 Å². The van der Waals surface area contributed by atoms with Gasteiger partial charge in [0.05, 0.1) is 13.2 Å². The van der Waals surface area contributed by atoms with Crippen LogP contribution in [0.2, 0.25) is 0 Å². The molecule has 0 aliphatic carbocycles. The van der Waals surface area contributed by atoms with Crippen LogP contribution in [-0.2, 0) is 0 Å². The minimum Gasteiger partial charge on any atom is -0.479 e. The lowest BCUT2D eigenvalue weighted by molar-refractivity contribution is 0.325. The van der Waals surface area contributed by atoms with Crippen LogP contribution in [0.1, 0.15) is 18.6 Å². The smallest absolute Gasteiger partial charge is 0.254 e. The first-order chi connectivity index (χ1) is 5.27. The largest absolute Gasteiger partial charge is 0.479 e. The molecule has 1 aromatic heterocycles. The highest BCUT2D eigenvalue weighted by Crippen LogP contribution is 2.18. The van der Waals surface area contributed by atoms with Crippen molar-refractivity contribution >= 4 is 0 Å². The Morgan fingerprint density at radius 2 is 2.55 bits per heavy atom. The van der Waals surface area contributed by atoms with E-state index >= 15 is 0 Å². The molecule has 0 N–H and O–H groups in total. The zero-order chi connectivity index (χ0) is 8.27. The summed E-state index contributed by atoms with van der Waals surface area (Å²) in [7, 11) is 1.50. The van der Waals surface area contributed by atoms with Crippen molar-refractivity contribution in [1.29, 1.82) is 5.26 Å². The summed E-state index contributed by atoms with van der Waals surface area (Å²) in [6.45, 7) is 1.74. The molecule has 0 saturated heterocycles. The van der Waals surface area contributed by atoms with Gasteiger partial charge in [0.1, 0.15) is 5.92 Å². The van der Waals surface area contributed by atoms with Crippen molar-refractivity contribution in [3.63, 3.8) is 0 Å². The van der Waals surface area contributed by atoms with Gasteiger partial charge in [0.2, 0.25) is 0 Å². The average molecular weight is 152 g/mol. The Bertz CT molecular complexity index is 274. The monoisotopic (exact) mass is 152 g/mol. The Morgan fingerprint density at radius 1 is 1.82 bits per heavy atom. The van der Waals surface area contributed by atoms with Crippen molar-refractivity contribution in [3.05, 3.63) is 11.8 Å². The van der Waals surface area contributed by atoms with Crippen LogP contribution < -0.4 is 4.74 Å². The molecule has 0 amide bonds. The van der Waals surface area contributed by atoms with Gasteiger partial charge >= 0.3 is 0 Å². The Kier molecular flexibility index (Phi) is 2.12. The van der Waals surface area contributed by atoms with E-state index in [1.807, 2.05) is 6.07 Å². The van der Waals surface area contributed by atoms with E-state index in [0.717, 1.165) is 0 Å². The predicted molar refractivity (Wildman–Crippen MR) is 37.1 cm³/mol. The molecular weight excluding hydrogens is 144 g/mol. The van der Waals surface area contributed by atoms with Gasteiger partial charge in [-0.2, -0.15) is 5.26 Å². The molecule has 4 nitrogen and oxygen atoms in total. The molecular formula is C7H8N2O2. The number of methoxy groups -OCH3 is 1. The third kappa shape index (κ3) is 1.49. The molecule has 11 heavy (non-hydrogen) atoms. The van der Waals surface area contributed by atoms with Crippen molar-refractivity contribution in [1.82, 2.24) is 5.16 Å². The highest BCUT2D eigenvalue weighted by atomic mass is 16.5. The van der Waals surface area contributed by atoms with Crippen LogP contribution in [0.25, 0.3) is 0 Å². The second kappa shape index (κ2) is 3.06. The lowest BCUT2D eigenvalue weighted by atomic mass is 10.1. The molecule has 0 bridgehead atoms. The van der Waals surface area contributed by atoms with E-state index in [1.54, 1.807) is 13.0 Å². The molecule has 0 aliphatic heterocycles. The van der Waals surface area contributed by atoms with Gasteiger partial charge in [0, 0.05) is 6.07 Å². The molecule has 58 valence electrons. The number of nitriles is 1. The Balaban J connectivity index is 2.82. The van der Waals surface area contributed by atoms with E-state index in [9.17, 15) is 0 Å². The van der Waals surface area contributed by atoms with Crippen LogP contribution in [0.5, 0.6) is 5.88 Å². The number of rotatable bonds is 2. The van der Waals surface area contributed by atoms with Crippen LogP contribution in [0.15, 0.2) is 10.6 Å². The molecule has 1 unspecified atom stereocenters. The fourth-order valence-corrected chi connectivity index (χ4v) is 0.636. The van der Waals surface area contributed by atoms with Crippen LogP contribution >= 0.6 is 0 Å². The van der Waals surface area contributed by atoms with E-state index in [1.165, 1.54) is 7.11 Å². The first kappa shape index (κ1) is 7.61. The van der Waals surface area contributed by atoms with E-state index in [2.05, 4.69) is 5.16 Å². The Hall–Kier alpha value is -1.50. The standard InChI is InChI=1S/C7H8N2O2/c1-5(4-8)6-3-7(10-2)9-11-6/h3,5H,1-2H3. The summed E-state index contributed by atoms with van der Waals surface area (Å²) in [4.78, 5) is 0. The highest BCUT2D eigenvalue weighted by molar-refractivity contribution is 5.18. The maximum Gasteiger partial charge on any atom is 0.254 e.